The molecule has 1 fully saturated rings. The first kappa shape index (κ1) is 13.0. The minimum Gasteiger partial charge on any atom is -0.458 e. The quantitative estimate of drug-likeness (QED) is 0.796. The van der Waals surface area contributed by atoms with E-state index in [9.17, 15) is 0 Å². The highest BCUT2D eigenvalue weighted by Gasteiger charge is 2.31. The first-order valence-electron chi connectivity index (χ1n) is 7.12. The lowest BCUT2D eigenvalue weighted by Gasteiger charge is -2.03. The zero-order valence-corrected chi connectivity index (χ0v) is 12.3. The Balaban J connectivity index is 2.05. The molecular formula is C16H20ClNO. The molecule has 0 bridgehead atoms. The van der Waals surface area contributed by atoms with Crippen LogP contribution in [0.2, 0.25) is 5.02 Å². The van der Waals surface area contributed by atoms with Gasteiger partial charge in [0.15, 0.2) is 5.58 Å². The Labute approximate surface area is 119 Å². The maximum atomic E-state index is 6.32. The number of rotatable bonds is 5. The third-order valence-electron chi connectivity index (χ3n) is 3.70. The summed E-state index contributed by atoms with van der Waals surface area (Å²) in [6.07, 6.45) is 3.70. The van der Waals surface area contributed by atoms with Gasteiger partial charge in [-0.25, -0.2) is 0 Å². The summed E-state index contributed by atoms with van der Waals surface area (Å²) in [5.74, 6) is 1.76. The Kier molecular flexibility index (Phi) is 3.55. The average Bonchev–Trinajstić information content (AvgIpc) is 3.12. The molecule has 0 aliphatic heterocycles. The molecule has 0 unspecified atom stereocenters. The first-order valence-corrected chi connectivity index (χ1v) is 7.50. The van der Waals surface area contributed by atoms with Gasteiger partial charge in [0.2, 0.25) is 0 Å². The highest BCUT2D eigenvalue weighted by atomic mass is 35.5. The largest absolute Gasteiger partial charge is 0.458 e. The van der Waals surface area contributed by atoms with Crippen molar-refractivity contribution in [2.75, 3.05) is 6.54 Å². The van der Waals surface area contributed by atoms with Gasteiger partial charge in [-0.1, -0.05) is 18.5 Å². The number of aryl methyl sites for hydroxylation is 1. The van der Waals surface area contributed by atoms with Crippen molar-refractivity contribution in [1.82, 2.24) is 5.32 Å². The molecular weight excluding hydrogens is 258 g/mol. The van der Waals surface area contributed by atoms with E-state index in [1.807, 2.05) is 6.07 Å². The molecule has 19 heavy (non-hydrogen) atoms. The molecule has 1 aliphatic rings. The predicted molar refractivity (Wildman–Crippen MR) is 79.9 cm³/mol. The Morgan fingerprint density at radius 2 is 2.16 bits per heavy atom. The minimum absolute atomic E-state index is 0.678. The van der Waals surface area contributed by atoms with E-state index >= 15 is 0 Å². The summed E-state index contributed by atoms with van der Waals surface area (Å²) in [5, 5.41) is 5.39. The van der Waals surface area contributed by atoms with Crippen molar-refractivity contribution in [1.29, 1.82) is 0 Å². The van der Waals surface area contributed by atoms with Crippen molar-refractivity contribution in [2.45, 2.75) is 45.6 Å². The lowest BCUT2D eigenvalue weighted by Crippen LogP contribution is -2.14. The molecule has 1 heterocycles. The van der Waals surface area contributed by atoms with Crippen LogP contribution in [0.1, 0.15) is 49.0 Å². The van der Waals surface area contributed by atoms with Crippen LogP contribution in [0.25, 0.3) is 11.0 Å². The smallest absolute Gasteiger partial charge is 0.153 e. The Hall–Kier alpha value is -0.990. The molecule has 2 aromatic rings. The fourth-order valence-corrected chi connectivity index (χ4v) is 3.00. The number of hydrogen-bond donors (Lipinski definition) is 1. The van der Waals surface area contributed by atoms with Gasteiger partial charge < -0.3 is 9.73 Å². The van der Waals surface area contributed by atoms with Crippen LogP contribution in [0, 0.1) is 6.92 Å². The monoisotopic (exact) mass is 277 g/mol. The van der Waals surface area contributed by atoms with Crippen molar-refractivity contribution in [2.24, 2.45) is 0 Å². The van der Waals surface area contributed by atoms with Crippen LogP contribution >= 0.6 is 11.6 Å². The molecule has 0 saturated heterocycles. The highest BCUT2D eigenvalue weighted by molar-refractivity contribution is 6.35. The molecule has 0 radical (unpaired) electrons. The van der Waals surface area contributed by atoms with E-state index in [2.05, 4.69) is 25.2 Å². The maximum absolute atomic E-state index is 6.32. The lowest BCUT2D eigenvalue weighted by molar-refractivity contribution is 0.507. The number of fused-ring (bicyclic) bond motifs is 1. The second kappa shape index (κ2) is 5.18. The van der Waals surface area contributed by atoms with Crippen LogP contribution in [0.4, 0.5) is 0 Å². The van der Waals surface area contributed by atoms with Gasteiger partial charge >= 0.3 is 0 Å². The molecule has 1 saturated carbocycles. The van der Waals surface area contributed by atoms with Crippen LogP contribution in [0.5, 0.6) is 0 Å². The molecule has 3 heteroatoms. The van der Waals surface area contributed by atoms with Gasteiger partial charge in [-0.05, 0) is 56.3 Å². The van der Waals surface area contributed by atoms with Gasteiger partial charge in [0.1, 0.15) is 5.76 Å². The minimum atomic E-state index is 0.678. The highest BCUT2D eigenvalue weighted by Crippen LogP contribution is 2.47. The van der Waals surface area contributed by atoms with Crippen LogP contribution in [0.15, 0.2) is 16.5 Å². The summed E-state index contributed by atoms with van der Waals surface area (Å²) in [7, 11) is 0. The molecule has 1 aliphatic carbocycles. The average molecular weight is 278 g/mol. The van der Waals surface area contributed by atoms with Crippen molar-refractivity contribution >= 4 is 22.6 Å². The van der Waals surface area contributed by atoms with Crippen molar-refractivity contribution in [3.05, 3.63) is 34.0 Å². The molecule has 1 N–H and O–H groups in total. The van der Waals surface area contributed by atoms with E-state index in [1.165, 1.54) is 29.4 Å². The Bertz CT molecular complexity index is 598. The molecule has 0 atom stereocenters. The number of nitrogens with one attached hydrogen (secondary N) is 1. The van der Waals surface area contributed by atoms with Gasteiger partial charge in [0, 0.05) is 10.9 Å². The first-order chi connectivity index (χ1) is 9.20. The zero-order chi connectivity index (χ0) is 13.4. The van der Waals surface area contributed by atoms with Crippen molar-refractivity contribution in [3.63, 3.8) is 0 Å². The second-order valence-corrected chi connectivity index (χ2v) is 5.92. The number of halogens is 1. The molecule has 3 rings (SSSR count). The maximum Gasteiger partial charge on any atom is 0.153 e. The summed E-state index contributed by atoms with van der Waals surface area (Å²) in [6, 6.07) is 4.19. The van der Waals surface area contributed by atoms with Crippen LogP contribution in [-0.2, 0) is 6.54 Å². The van der Waals surface area contributed by atoms with Crippen molar-refractivity contribution in [3.8, 4) is 0 Å². The Morgan fingerprint density at radius 3 is 2.84 bits per heavy atom. The van der Waals surface area contributed by atoms with Crippen molar-refractivity contribution < 1.29 is 4.42 Å². The molecule has 2 nitrogen and oxygen atoms in total. The zero-order valence-electron chi connectivity index (χ0n) is 11.6. The van der Waals surface area contributed by atoms with Gasteiger partial charge in [0.05, 0.1) is 11.6 Å². The van der Waals surface area contributed by atoms with Gasteiger partial charge in [-0.15, -0.1) is 0 Å². The van der Waals surface area contributed by atoms with E-state index in [4.69, 9.17) is 16.0 Å². The van der Waals surface area contributed by atoms with Crippen LogP contribution < -0.4 is 5.32 Å². The van der Waals surface area contributed by atoms with Gasteiger partial charge in [-0.3, -0.25) is 0 Å². The molecule has 102 valence electrons. The van der Waals surface area contributed by atoms with E-state index < -0.39 is 0 Å². The standard InChI is InChI=1S/C16H20ClNO/c1-3-6-18-9-14-15(11-4-5-11)12-7-10(2)8-13(17)16(12)19-14/h7-8,11,18H,3-6,9H2,1-2H3. The van der Waals surface area contributed by atoms with Gasteiger partial charge in [-0.2, -0.15) is 0 Å². The molecule has 1 aromatic carbocycles. The fraction of sp³-hybridized carbons (Fsp3) is 0.500. The fourth-order valence-electron chi connectivity index (χ4n) is 2.69. The van der Waals surface area contributed by atoms with E-state index in [0.717, 1.165) is 35.9 Å². The Morgan fingerprint density at radius 1 is 1.37 bits per heavy atom. The van der Waals surface area contributed by atoms with E-state index in [0.29, 0.717) is 5.92 Å². The van der Waals surface area contributed by atoms with Gasteiger partial charge in [0.25, 0.3) is 0 Å². The summed E-state index contributed by atoms with van der Waals surface area (Å²) >= 11 is 6.32. The molecule has 0 amide bonds. The summed E-state index contributed by atoms with van der Waals surface area (Å²) < 4.78 is 6.04. The van der Waals surface area contributed by atoms with Crippen LogP contribution in [-0.4, -0.2) is 6.54 Å². The normalized spacial score (nSPS) is 15.3. The SMILES string of the molecule is CCCNCc1oc2c(Cl)cc(C)cc2c1C1CC1. The summed E-state index contributed by atoms with van der Waals surface area (Å²) in [4.78, 5) is 0. The number of benzene rings is 1. The van der Waals surface area contributed by atoms with Crippen LogP contribution in [0.3, 0.4) is 0 Å². The number of hydrogen-bond acceptors (Lipinski definition) is 2. The molecule has 1 aromatic heterocycles. The van der Waals surface area contributed by atoms with E-state index in [1.54, 1.807) is 0 Å². The summed E-state index contributed by atoms with van der Waals surface area (Å²) in [5.41, 5.74) is 3.46. The lowest BCUT2D eigenvalue weighted by atomic mass is 10.0. The third kappa shape index (κ3) is 2.52. The number of furan rings is 1. The summed E-state index contributed by atoms with van der Waals surface area (Å²) in [6.45, 7) is 6.09. The topological polar surface area (TPSA) is 25.2 Å². The van der Waals surface area contributed by atoms with E-state index in [-0.39, 0.29) is 0 Å². The second-order valence-electron chi connectivity index (χ2n) is 5.51. The predicted octanol–water partition coefficient (Wildman–Crippen LogP) is 4.77. The molecule has 0 spiro atoms. The third-order valence-corrected chi connectivity index (χ3v) is 3.98.